The molecule has 0 radical (unpaired) electrons. The van der Waals surface area contributed by atoms with Crippen molar-refractivity contribution >= 4 is 40.7 Å². The number of thioether (sulfide) groups is 1. The van der Waals surface area contributed by atoms with Crippen molar-refractivity contribution in [3.63, 3.8) is 0 Å². The molecule has 8 heteroatoms. The van der Waals surface area contributed by atoms with Gasteiger partial charge in [-0.15, -0.1) is 5.10 Å². The van der Waals surface area contributed by atoms with Gasteiger partial charge in [-0.1, -0.05) is 88.8 Å². The molecule has 4 aromatic rings. The van der Waals surface area contributed by atoms with Crippen molar-refractivity contribution in [2.24, 2.45) is 0 Å². The molecule has 1 N–H and O–H groups in total. The number of fused-ring (bicyclic) bond motifs is 1. The van der Waals surface area contributed by atoms with Gasteiger partial charge in [0.2, 0.25) is 0 Å². The van der Waals surface area contributed by atoms with E-state index in [-0.39, 0.29) is 23.7 Å². The van der Waals surface area contributed by atoms with Crippen LogP contribution in [0.3, 0.4) is 0 Å². The summed E-state index contributed by atoms with van der Waals surface area (Å²) in [5.74, 6) is -0.589. The number of carbonyl (C=O) groups is 2. The van der Waals surface area contributed by atoms with Crippen LogP contribution in [0.2, 0.25) is 0 Å². The van der Waals surface area contributed by atoms with Gasteiger partial charge in [0.1, 0.15) is 17.4 Å². The molecule has 1 saturated heterocycles. The van der Waals surface area contributed by atoms with Crippen molar-refractivity contribution < 1.29 is 9.59 Å². The highest BCUT2D eigenvalue weighted by Crippen LogP contribution is 2.45. The van der Waals surface area contributed by atoms with Crippen molar-refractivity contribution in [2.75, 3.05) is 0 Å². The van der Waals surface area contributed by atoms with E-state index in [1.165, 1.54) is 21.5 Å². The lowest BCUT2D eigenvalue weighted by Crippen LogP contribution is -2.45. The molecule has 5 rings (SSSR count). The second-order valence-electron chi connectivity index (χ2n) is 8.25. The van der Waals surface area contributed by atoms with Crippen molar-refractivity contribution in [1.29, 1.82) is 0 Å². The van der Waals surface area contributed by atoms with Gasteiger partial charge in [0.25, 0.3) is 11.8 Å². The first-order valence-corrected chi connectivity index (χ1v) is 11.8. The zero-order valence-corrected chi connectivity index (χ0v) is 19.6. The van der Waals surface area contributed by atoms with E-state index in [0.717, 1.165) is 27.8 Å². The van der Waals surface area contributed by atoms with Gasteiger partial charge in [0.05, 0.1) is 10.4 Å². The summed E-state index contributed by atoms with van der Waals surface area (Å²) in [6.45, 7) is 3.97. The number of nitrogens with one attached hydrogen (secondary N) is 1. The molecule has 0 aliphatic carbocycles. The first-order chi connectivity index (χ1) is 16.5. The molecule has 3 aromatic carbocycles. The van der Waals surface area contributed by atoms with Crippen LogP contribution < -0.4 is 5.43 Å². The first-order valence-electron chi connectivity index (χ1n) is 10.9. The Balaban J connectivity index is 1.43. The van der Waals surface area contributed by atoms with Gasteiger partial charge in [0, 0.05) is 0 Å². The standard InChI is InChI=1S/C26H23N5O2S/c1-17-7-5-9-19(13-17)15-23-25(33)31(26(34-23)20-10-6-8-18(2)14-20)28-24(32)16-30-22-12-4-3-11-21(22)27-29-30/h3-15,26H,16H2,1-2H3,(H,28,32)/b23-15-. The molecule has 1 aromatic heterocycles. The fourth-order valence-electron chi connectivity index (χ4n) is 3.95. The highest BCUT2D eigenvalue weighted by molar-refractivity contribution is 8.04. The summed E-state index contributed by atoms with van der Waals surface area (Å²) in [7, 11) is 0. The topological polar surface area (TPSA) is 80.1 Å². The largest absolute Gasteiger partial charge is 0.280 e. The predicted molar refractivity (Wildman–Crippen MR) is 133 cm³/mol. The summed E-state index contributed by atoms with van der Waals surface area (Å²) in [4.78, 5) is 27.0. The van der Waals surface area contributed by atoms with Gasteiger partial charge < -0.3 is 0 Å². The quantitative estimate of drug-likeness (QED) is 0.439. The molecule has 1 aliphatic rings. The molecule has 2 heterocycles. The summed E-state index contributed by atoms with van der Waals surface area (Å²) in [6, 6.07) is 23.4. The van der Waals surface area contributed by atoms with E-state index in [2.05, 4.69) is 15.7 Å². The Bertz CT molecular complexity index is 1430. The number of hydrogen-bond donors (Lipinski definition) is 1. The van der Waals surface area contributed by atoms with Gasteiger partial charge in [0.15, 0.2) is 0 Å². The van der Waals surface area contributed by atoms with E-state index in [1.54, 1.807) is 0 Å². The van der Waals surface area contributed by atoms with Gasteiger partial charge in [-0.3, -0.25) is 15.0 Å². The SMILES string of the molecule is Cc1cccc(/C=C2\SC(c3cccc(C)c3)N(NC(=O)Cn3nnc4ccccc43)C2=O)c1. The smallest absolute Gasteiger partial charge is 0.271 e. The molecule has 0 bridgehead atoms. The lowest BCUT2D eigenvalue weighted by Gasteiger charge is -2.24. The molecule has 1 fully saturated rings. The summed E-state index contributed by atoms with van der Waals surface area (Å²) in [6.07, 6.45) is 1.87. The van der Waals surface area contributed by atoms with Crippen LogP contribution in [-0.2, 0) is 16.1 Å². The van der Waals surface area contributed by atoms with Crippen molar-refractivity contribution in [1.82, 2.24) is 25.4 Å². The lowest BCUT2D eigenvalue weighted by molar-refractivity contribution is -0.138. The molecular weight excluding hydrogens is 446 g/mol. The fourth-order valence-corrected chi connectivity index (χ4v) is 5.13. The summed E-state index contributed by atoms with van der Waals surface area (Å²) >= 11 is 1.43. The zero-order valence-electron chi connectivity index (χ0n) is 18.8. The van der Waals surface area contributed by atoms with E-state index in [4.69, 9.17) is 0 Å². The summed E-state index contributed by atoms with van der Waals surface area (Å²) in [5.41, 5.74) is 8.38. The lowest BCUT2D eigenvalue weighted by atomic mass is 10.1. The van der Waals surface area contributed by atoms with Gasteiger partial charge in [-0.2, -0.15) is 0 Å². The van der Waals surface area contributed by atoms with Crippen LogP contribution in [0.15, 0.2) is 77.7 Å². The maximum Gasteiger partial charge on any atom is 0.280 e. The van der Waals surface area contributed by atoms with Crippen LogP contribution in [0.4, 0.5) is 0 Å². The van der Waals surface area contributed by atoms with Gasteiger partial charge >= 0.3 is 0 Å². The van der Waals surface area contributed by atoms with E-state index in [0.29, 0.717) is 10.4 Å². The minimum atomic E-state index is -0.375. The molecule has 1 aliphatic heterocycles. The van der Waals surface area contributed by atoms with E-state index >= 15 is 0 Å². The third kappa shape index (κ3) is 4.45. The van der Waals surface area contributed by atoms with Crippen LogP contribution in [0, 0.1) is 13.8 Å². The van der Waals surface area contributed by atoms with E-state index < -0.39 is 0 Å². The molecule has 170 valence electrons. The maximum absolute atomic E-state index is 13.4. The molecule has 34 heavy (non-hydrogen) atoms. The number of rotatable bonds is 5. The number of benzene rings is 3. The molecule has 1 unspecified atom stereocenters. The van der Waals surface area contributed by atoms with E-state index in [1.807, 2.05) is 92.7 Å². The van der Waals surface area contributed by atoms with Crippen molar-refractivity contribution in [2.45, 2.75) is 25.8 Å². The molecule has 2 amide bonds. The normalized spacial score (nSPS) is 17.0. The third-order valence-electron chi connectivity index (χ3n) is 5.53. The maximum atomic E-state index is 13.4. The Hall–Kier alpha value is -3.91. The monoisotopic (exact) mass is 469 g/mol. The number of hydrogen-bond acceptors (Lipinski definition) is 5. The van der Waals surface area contributed by atoms with Crippen molar-refractivity contribution in [3.8, 4) is 0 Å². The minimum Gasteiger partial charge on any atom is -0.271 e. The predicted octanol–water partition coefficient (Wildman–Crippen LogP) is 4.39. The average molecular weight is 470 g/mol. The molecule has 1 atom stereocenters. The highest BCUT2D eigenvalue weighted by Gasteiger charge is 2.38. The van der Waals surface area contributed by atoms with Crippen LogP contribution in [0.5, 0.6) is 0 Å². The van der Waals surface area contributed by atoms with Crippen molar-refractivity contribution in [3.05, 3.63) is 100.0 Å². The Kier molecular flexibility index (Phi) is 5.90. The molecule has 0 spiro atoms. The van der Waals surface area contributed by atoms with Crippen LogP contribution in [0.1, 0.15) is 27.6 Å². The van der Waals surface area contributed by atoms with Crippen LogP contribution >= 0.6 is 11.8 Å². The van der Waals surface area contributed by atoms with Crippen LogP contribution in [0.25, 0.3) is 17.1 Å². The number of aryl methyl sites for hydroxylation is 2. The minimum absolute atomic E-state index is 0.0492. The zero-order chi connectivity index (χ0) is 23.7. The fraction of sp³-hybridized carbons (Fsp3) is 0.154. The molecule has 7 nitrogen and oxygen atoms in total. The number of hydrazine groups is 1. The number of para-hydroxylation sites is 1. The Labute approximate surface area is 201 Å². The Morgan fingerprint density at radius 2 is 1.79 bits per heavy atom. The Morgan fingerprint density at radius 1 is 1.03 bits per heavy atom. The second kappa shape index (κ2) is 9.15. The summed E-state index contributed by atoms with van der Waals surface area (Å²) < 4.78 is 1.53. The number of nitrogens with zero attached hydrogens (tertiary/aromatic N) is 4. The van der Waals surface area contributed by atoms with Crippen LogP contribution in [-0.4, -0.2) is 31.8 Å². The van der Waals surface area contributed by atoms with Gasteiger partial charge in [-0.25, -0.2) is 9.69 Å². The number of amides is 2. The second-order valence-corrected chi connectivity index (χ2v) is 9.38. The summed E-state index contributed by atoms with van der Waals surface area (Å²) in [5, 5.41) is 9.22. The first kappa shape index (κ1) is 21.9. The number of aromatic nitrogens is 3. The third-order valence-corrected chi connectivity index (χ3v) is 6.78. The molecular formula is C26H23N5O2S. The number of carbonyl (C=O) groups excluding carboxylic acids is 2. The molecule has 0 saturated carbocycles. The van der Waals surface area contributed by atoms with Gasteiger partial charge in [-0.05, 0) is 43.2 Å². The van der Waals surface area contributed by atoms with E-state index in [9.17, 15) is 9.59 Å². The Morgan fingerprint density at radius 3 is 2.59 bits per heavy atom. The highest BCUT2D eigenvalue weighted by atomic mass is 32.2. The average Bonchev–Trinajstić information content (AvgIpc) is 3.35.